The minimum atomic E-state index is -0.174. The third-order valence-electron chi connectivity index (χ3n) is 2.01. The summed E-state index contributed by atoms with van der Waals surface area (Å²) >= 11 is 0. The Labute approximate surface area is 67.7 Å². The average Bonchev–Trinajstić information content (AvgIpc) is 1.98. The highest BCUT2D eigenvalue weighted by molar-refractivity contribution is 5.33. The molecule has 0 spiro atoms. The molecule has 1 N–H and O–H groups in total. The van der Waals surface area contributed by atoms with Gasteiger partial charge in [0.05, 0.1) is 6.10 Å². The molecule has 60 valence electrons. The second-order valence-electron chi connectivity index (χ2n) is 2.93. The van der Waals surface area contributed by atoms with Gasteiger partial charge in [-0.1, -0.05) is 30.9 Å². The van der Waals surface area contributed by atoms with Gasteiger partial charge in [0.25, 0.3) is 0 Å². The summed E-state index contributed by atoms with van der Waals surface area (Å²) in [7, 11) is 0. The molecule has 0 heterocycles. The van der Waals surface area contributed by atoms with Gasteiger partial charge in [0.2, 0.25) is 0 Å². The SMILES string of the molecule is C=CC=C1CC(O)CCC1=C. The first-order chi connectivity index (χ1) is 5.24. The van der Waals surface area contributed by atoms with E-state index in [1.54, 1.807) is 6.08 Å². The summed E-state index contributed by atoms with van der Waals surface area (Å²) < 4.78 is 0. The Balaban J connectivity index is 2.68. The molecule has 1 fully saturated rings. The van der Waals surface area contributed by atoms with Crippen LogP contribution in [0.4, 0.5) is 0 Å². The van der Waals surface area contributed by atoms with Crippen LogP contribution in [0.15, 0.2) is 36.5 Å². The number of aliphatic hydroxyl groups is 1. The van der Waals surface area contributed by atoms with Gasteiger partial charge in [0, 0.05) is 0 Å². The van der Waals surface area contributed by atoms with Crippen LogP contribution in [0.5, 0.6) is 0 Å². The van der Waals surface area contributed by atoms with Gasteiger partial charge in [-0.3, -0.25) is 0 Å². The Hall–Kier alpha value is -0.820. The van der Waals surface area contributed by atoms with Gasteiger partial charge in [-0.25, -0.2) is 0 Å². The second-order valence-corrected chi connectivity index (χ2v) is 2.93. The first kappa shape index (κ1) is 8.28. The van der Waals surface area contributed by atoms with Gasteiger partial charge in [-0.2, -0.15) is 0 Å². The summed E-state index contributed by atoms with van der Waals surface area (Å²) in [5.41, 5.74) is 2.30. The van der Waals surface area contributed by atoms with E-state index in [1.165, 1.54) is 0 Å². The van der Waals surface area contributed by atoms with Gasteiger partial charge < -0.3 is 5.11 Å². The number of hydrogen-bond acceptors (Lipinski definition) is 1. The molecule has 1 saturated carbocycles. The zero-order valence-corrected chi connectivity index (χ0v) is 6.71. The normalized spacial score (nSPS) is 29.0. The topological polar surface area (TPSA) is 20.2 Å². The highest BCUT2D eigenvalue weighted by Crippen LogP contribution is 2.27. The fourth-order valence-corrected chi connectivity index (χ4v) is 1.33. The summed E-state index contributed by atoms with van der Waals surface area (Å²) in [6, 6.07) is 0. The van der Waals surface area contributed by atoms with Crippen molar-refractivity contribution in [3.63, 3.8) is 0 Å². The molecule has 1 aliphatic carbocycles. The van der Waals surface area contributed by atoms with Crippen molar-refractivity contribution >= 4 is 0 Å². The summed E-state index contributed by atoms with van der Waals surface area (Å²) in [6.07, 6.45) is 6.02. The summed E-state index contributed by atoms with van der Waals surface area (Å²) in [4.78, 5) is 0. The van der Waals surface area contributed by atoms with Crippen molar-refractivity contribution in [1.29, 1.82) is 0 Å². The molecule has 0 aliphatic heterocycles. The Morgan fingerprint density at radius 3 is 2.91 bits per heavy atom. The van der Waals surface area contributed by atoms with Crippen LogP contribution in [0.2, 0.25) is 0 Å². The molecule has 1 aliphatic rings. The lowest BCUT2D eigenvalue weighted by atomic mass is 9.88. The highest BCUT2D eigenvalue weighted by Gasteiger charge is 2.16. The molecule has 0 bridgehead atoms. The van der Waals surface area contributed by atoms with Crippen molar-refractivity contribution in [3.8, 4) is 0 Å². The zero-order chi connectivity index (χ0) is 8.27. The van der Waals surface area contributed by atoms with Crippen LogP contribution in [0.25, 0.3) is 0 Å². The molecule has 1 unspecified atom stereocenters. The quantitative estimate of drug-likeness (QED) is 0.607. The van der Waals surface area contributed by atoms with Crippen LogP contribution in [0, 0.1) is 0 Å². The standard InChI is InChI=1S/C10H14O/c1-3-4-9-7-10(11)6-5-8(9)2/h3-4,10-11H,1-2,5-7H2. The summed E-state index contributed by atoms with van der Waals surface area (Å²) in [6.45, 7) is 7.54. The lowest BCUT2D eigenvalue weighted by Crippen LogP contribution is -2.14. The van der Waals surface area contributed by atoms with Crippen LogP contribution in [-0.2, 0) is 0 Å². The molecule has 0 aromatic carbocycles. The number of aliphatic hydroxyl groups excluding tert-OH is 1. The van der Waals surface area contributed by atoms with Crippen LogP contribution in [0.1, 0.15) is 19.3 Å². The fraction of sp³-hybridized carbons (Fsp3) is 0.400. The third kappa shape index (κ3) is 2.05. The lowest BCUT2D eigenvalue weighted by molar-refractivity contribution is 0.158. The number of allylic oxidation sites excluding steroid dienone is 3. The molecular formula is C10H14O. The molecule has 1 atom stereocenters. The molecule has 1 heteroatoms. The second kappa shape index (κ2) is 3.54. The number of hydrogen-bond donors (Lipinski definition) is 1. The molecule has 11 heavy (non-hydrogen) atoms. The smallest absolute Gasteiger partial charge is 0.0583 e. The molecule has 0 amide bonds. The monoisotopic (exact) mass is 150 g/mol. The third-order valence-corrected chi connectivity index (χ3v) is 2.01. The number of rotatable bonds is 1. The van der Waals surface area contributed by atoms with Crippen LogP contribution in [0.3, 0.4) is 0 Å². The Morgan fingerprint density at radius 2 is 2.27 bits per heavy atom. The van der Waals surface area contributed by atoms with E-state index in [0.717, 1.165) is 30.4 Å². The first-order valence-corrected chi connectivity index (χ1v) is 3.92. The highest BCUT2D eigenvalue weighted by atomic mass is 16.3. The maximum atomic E-state index is 9.31. The molecule has 0 saturated heterocycles. The van der Waals surface area contributed by atoms with E-state index in [1.807, 2.05) is 6.08 Å². The maximum Gasteiger partial charge on any atom is 0.0583 e. The summed E-state index contributed by atoms with van der Waals surface area (Å²) in [5, 5.41) is 9.31. The van der Waals surface area contributed by atoms with Crippen LogP contribution in [-0.4, -0.2) is 11.2 Å². The molecule has 0 radical (unpaired) electrons. The van der Waals surface area contributed by atoms with Crippen molar-refractivity contribution < 1.29 is 5.11 Å². The largest absolute Gasteiger partial charge is 0.393 e. The minimum absolute atomic E-state index is 0.174. The minimum Gasteiger partial charge on any atom is -0.393 e. The molecule has 0 aromatic rings. The van der Waals surface area contributed by atoms with E-state index >= 15 is 0 Å². The maximum absolute atomic E-state index is 9.31. The van der Waals surface area contributed by atoms with Gasteiger partial charge in [-0.05, 0) is 24.8 Å². The van der Waals surface area contributed by atoms with Crippen LogP contribution < -0.4 is 0 Å². The predicted octanol–water partition coefficient (Wildman–Crippen LogP) is 2.20. The van der Waals surface area contributed by atoms with E-state index in [4.69, 9.17) is 0 Å². The van der Waals surface area contributed by atoms with Crippen molar-refractivity contribution in [2.24, 2.45) is 0 Å². The van der Waals surface area contributed by atoms with Crippen molar-refractivity contribution in [1.82, 2.24) is 0 Å². The molecule has 1 nitrogen and oxygen atoms in total. The van der Waals surface area contributed by atoms with E-state index in [0.29, 0.717) is 0 Å². The van der Waals surface area contributed by atoms with Gasteiger partial charge in [-0.15, -0.1) is 0 Å². The van der Waals surface area contributed by atoms with Crippen molar-refractivity contribution in [2.75, 3.05) is 0 Å². The Kier molecular flexibility index (Phi) is 2.66. The average molecular weight is 150 g/mol. The van der Waals surface area contributed by atoms with E-state index in [2.05, 4.69) is 13.2 Å². The van der Waals surface area contributed by atoms with Gasteiger partial charge >= 0.3 is 0 Å². The van der Waals surface area contributed by atoms with E-state index in [-0.39, 0.29) is 6.10 Å². The molecule has 1 rings (SSSR count). The van der Waals surface area contributed by atoms with Gasteiger partial charge in [0.15, 0.2) is 0 Å². The Bertz CT molecular complexity index is 201. The predicted molar refractivity (Wildman–Crippen MR) is 47.3 cm³/mol. The Morgan fingerprint density at radius 1 is 1.55 bits per heavy atom. The zero-order valence-electron chi connectivity index (χ0n) is 6.71. The first-order valence-electron chi connectivity index (χ1n) is 3.92. The lowest BCUT2D eigenvalue weighted by Gasteiger charge is -2.21. The van der Waals surface area contributed by atoms with E-state index < -0.39 is 0 Å². The molecular weight excluding hydrogens is 136 g/mol. The fourth-order valence-electron chi connectivity index (χ4n) is 1.33. The molecule has 0 aromatic heterocycles. The van der Waals surface area contributed by atoms with Gasteiger partial charge in [0.1, 0.15) is 0 Å². The van der Waals surface area contributed by atoms with E-state index in [9.17, 15) is 5.11 Å². The van der Waals surface area contributed by atoms with Crippen molar-refractivity contribution in [3.05, 3.63) is 36.5 Å². The van der Waals surface area contributed by atoms with Crippen molar-refractivity contribution in [2.45, 2.75) is 25.4 Å². The van der Waals surface area contributed by atoms with Crippen LogP contribution >= 0.6 is 0 Å². The summed E-state index contributed by atoms with van der Waals surface area (Å²) in [5.74, 6) is 0.